The number of ether oxygens (including phenoxy) is 1. The maximum absolute atomic E-state index is 10.5. The monoisotopic (exact) mass is 212 g/mol. The fourth-order valence-corrected chi connectivity index (χ4v) is 1.77. The molecule has 4 heteroatoms. The van der Waals surface area contributed by atoms with Crippen molar-refractivity contribution < 1.29 is 9.84 Å². The molecule has 0 fully saturated rings. The minimum atomic E-state index is -0.911. The third kappa shape index (κ3) is 2.00. The molecular formula is C11H20N2O2. The molecule has 1 N–H and O–H groups in total. The van der Waals surface area contributed by atoms with E-state index >= 15 is 0 Å². The first-order chi connectivity index (χ1) is 6.95. The average molecular weight is 212 g/mol. The highest BCUT2D eigenvalue weighted by atomic mass is 16.5. The van der Waals surface area contributed by atoms with Gasteiger partial charge in [-0.1, -0.05) is 20.3 Å². The van der Waals surface area contributed by atoms with Gasteiger partial charge in [0.25, 0.3) is 0 Å². The molecular weight excluding hydrogens is 192 g/mol. The second-order valence-electron chi connectivity index (χ2n) is 4.14. The molecule has 0 saturated heterocycles. The van der Waals surface area contributed by atoms with Gasteiger partial charge in [0.05, 0.1) is 13.3 Å². The van der Waals surface area contributed by atoms with Crippen LogP contribution in [0.4, 0.5) is 0 Å². The maximum Gasteiger partial charge on any atom is 0.162 e. The Morgan fingerprint density at radius 3 is 2.73 bits per heavy atom. The number of rotatable bonds is 4. The van der Waals surface area contributed by atoms with E-state index in [1.54, 1.807) is 24.9 Å². The third-order valence-corrected chi connectivity index (χ3v) is 3.18. The summed E-state index contributed by atoms with van der Waals surface area (Å²) in [6.45, 7) is 5.88. The quantitative estimate of drug-likeness (QED) is 0.826. The van der Waals surface area contributed by atoms with Gasteiger partial charge < -0.3 is 9.84 Å². The number of nitrogens with zero attached hydrogens (tertiary/aromatic N) is 2. The molecule has 0 bridgehead atoms. The summed E-state index contributed by atoms with van der Waals surface area (Å²) < 4.78 is 6.88. The zero-order valence-corrected chi connectivity index (χ0v) is 10.1. The van der Waals surface area contributed by atoms with Gasteiger partial charge in [-0.05, 0) is 12.8 Å². The van der Waals surface area contributed by atoms with Crippen molar-refractivity contribution in [3.05, 3.63) is 11.9 Å². The predicted octanol–water partition coefficient (Wildman–Crippen LogP) is 1.68. The van der Waals surface area contributed by atoms with Crippen molar-refractivity contribution in [2.45, 2.75) is 32.8 Å². The molecule has 0 aliphatic carbocycles. The lowest BCUT2D eigenvalue weighted by atomic mass is 9.85. The van der Waals surface area contributed by atoms with E-state index in [0.29, 0.717) is 5.75 Å². The standard InChI is InChI=1S/C11H20N2O2/c1-6-8(2)11(3,14)10-9(15-5)7-12-13(10)4/h7-8,14H,6H2,1-5H3. The summed E-state index contributed by atoms with van der Waals surface area (Å²) >= 11 is 0. The summed E-state index contributed by atoms with van der Waals surface area (Å²) in [4.78, 5) is 0. The minimum absolute atomic E-state index is 0.154. The van der Waals surface area contributed by atoms with Gasteiger partial charge in [0.2, 0.25) is 0 Å². The minimum Gasteiger partial charge on any atom is -0.493 e. The van der Waals surface area contributed by atoms with Gasteiger partial charge in [-0.2, -0.15) is 5.10 Å². The van der Waals surface area contributed by atoms with Gasteiger partial charge in [0.1, 0.15) is 11.3 Å². The Labute approximate surface area is 90.9 Å². The normalized spacial score (nSPS) is 17.2. The Kier molecular flexibility index (Phi) is 3.39. The van der Waals surface area contributed by atoms with Gasteiger partial charge in [0, 0.05) is 7.05 Å². The van der Waals surface area contributed by atoms with Crippen molar-refractivity contribution in [3.8, 4) is 5.75 Å². The highest BCUT2D eigenvalue weighted by molar-refractivity contribution is 5.30. The van der Waals surface area contributed by atoms with Gasteiger partial charge in [-0.15, -0.1) is 0 Å². The third-order valence-electron chi connectivity index (χ3n) is 3.18. The lowest BCUT2D eigenvalue weighted by Gasteiger charge is -2.30. The first-order valence-corrected chi connectivity index (χ1v) is 5.24. The SMILES string of the molecule is CCC(C)C(C)(O)c1c(OC)cnn1C. The summed E-state index contributed by atoms with van der Waals surface area (Å²) in [5.74, 6) is 0.796. The number of aliphatic hydroxyl groups is 1. The van der Waals surface area contributed by atoms with Crippen LogP contribution in [0, 0.1) is 5.92 Å². The molecule has 1 aromatic heterocycles. The summed E-state index contributed by atoms with van der Waals surface area (Å²) in [5.41, 5.74) is -0.176. The van der Waals surface area contributed by atoms with E-state index in [1.807, 2.05) is 14.0 Å². The predicted molar refractivity (Wildman–Crippen MR) is 58.8 cm³/mol. The van der Waals surface area contributed by atoms with E-state index in [2.05, 4.69) is 12.0 Å². The highest BCUT2D eigenvalue weighted by Gasteiger charge is 2.35. The Hall–Kier alpha value is -1.03. The molecule has 1 rings (SSSR count). The molecule has 2 unspecified atom stereocenters. The maximum atomic E-state index is 10.5. The second-order valence-corrected chi connectivity index (χ2v) is 4.14. The van der Waals surface area contributed by atoms with Crippen molar-refractivity contribution in [1.29, 1.82) is 0 Å². The number of methoxy groups -OCH3 is 1. The fraction of sp³-hybridized carbons (Fsp3) is 0.727. The number of hydrogen-bond donors (Lipinski definition) is 1. The van der Waals surface area contributed by atoms with Crippen LogP contribution in [0.25, 0.3) is 0 Å². The summed E-state index contributed by atoms with van der Waals surface area (Å²) in [6.07, 6.45) is 2.54. The highest BCUT2D eigenvalue weighted by Crippen LogP contribution is 2.36. The van der Waals surface area contributed by atoms with Crippen LogP contribution in [0.3, 0.4) is 0 Å². The Morgan fingerprint density at radius 1 is 1.67 bits per heavy atom. The Balaban J connectivity index is 3.18. The molecule has 2 atom stereocenters. The molecule has 0 aliphatic heterocycles. The van der Waals surface area contributed by atoms with Crippen molar-refractivity contribution in [3.63, 3.8) is 0 Å². The molecule has 0 aliphatic rings. The number of hydrogen-bond acceptors (Lipinski definition) is 3. The van der Waals surface area contributed by atoms with E-state index in [0.717, 1.165) is 12.1 Å². The van der Waals surface area contributed by atoms with Crippen molar-refractivity contribution in [1.82, 2.24) is 9.78 Å². The molecule has 1 aromatic rings. The lowest BCUT2D eigenvalue weighted by molar-refractivity contribution is -0.00934. The lowest BCUT2D eigenvalue weighted by Crippen LogP contribution is -2.32. The molecule has 0 saturated carbocycles. The molecule has 0 spiro atoms. The number of aromatic nitrogens is 2. The van der Waals surface area contributed by atoms with E-state index < -0.39 is 5.60 Å². The first kappa shape index (κ1) is 12.0. The second kappa shape index (κ2) is 4.23. The zero-order valence-electron chi connectivity index (χ0n) is 10.1. The Morgan fingerprint density at radius 2 is 2.27 bits per heavy atom. The summed E-state index contributed by atoms with van der Waals surface area (Å²) in [5, 5.41) is 14.6. The fourth-order valence-electron chi connectivity index (χ4n) is 1.77. The molecule has 86 valence electrons. The van der Waals surface area contributed by atoms with Crippen LogP contribution in [0.5, 0.6) is 5.75 Å². The van der Waals surface area contributed by atoms with Gasteiger partial charge >= 0.3 is 0 Å². The first-order valence-electron chi connectivity index (χ1n) is 5.24. The topological polar surface area (TPSA) is 47.3 Å². The van der Waals surface area contributed by atoms with E-state index in [1.165, 1.54) is 0 Å². The average Bonchev–Trinajstić information content (AvgIpc) is 2.58. The van der Waals surface area contributed by atoms with Gasteiger partial charge in [-0.25, -0.2) is 0 Å². The zero-order chi connectivity index (χ0) is 11.6. The molecule has 15 heavy (non-hydrogen) atoms. The van der Waals surface area contributed by atoms with Crippen molar-refractivity contribution >= 4 is 0 Å². The van der Waals surface area contributed by atoms with Crippen LogP contribution in [-0.4, -0.2) is 22.0 Å². The molecule has 4 nitrogen and oxygen atoms in total. The summed E-state index contributed by atoms with van der Waals surface area (Å²) in [7, 11) is 3.40. The van der Waals surface area contributed by atoms with E-state index in [4.69, 9.17) is 4.74 Å². The van der Waals surface area contributed by atoms with Crippen LogP contribution in [0.15, 0.2) is 6.20 Å². The smallest absolute Gasteiger partial charge is 0.162 e. The van der Waals surface area contributed by atoms with Crippen LogP contribution < -0.4 is 4.74 Å². The van der Waals surface area contributed by atoms with Crippen LogP contribution >= 0.6 is 0 Å². The molecule has 1 heterocycles. The largest absolute Gasteiger partial charge is 0.493 e. The Bertz CT molecular complexity index is 331. The van der Waals surface area contributed by atoms with Crippen molar-refractivity contribution in [2.24, 2.45) is 13.0 Å². The van der Waals surface area contributed by atoms with E-state index in [9.17, 15) is 5.11 Å². The van der Waals surface area contributed by atoms with Crippen LogP contribution in [-0.2, 0) is 12.6 Å². The van der Waals surface area contributed by atoms with Gasteiger partial charge in [-0.3, -0.25) is 4.68 Å². The van der Waals surface area contributed by atoms with Crippen molar-refractivity contribution in [2.75, 3.05) is 7.11 Å². The van der Waals surface area contributed by atoms with E-state index in [-0.39, 0.29) is 5.92 Å². The van der Waals surface area contributed by atoms with Crippen LogP contribution in [0.1, 0.15) is 32.9 Å². The molecule has 0 aromatic carbocycles. The molecule has 0 radical (unpaired) electrons. The van der Waals surface area contributed by atoms with Crippen LogP contribution in [0.2, 0.25) is 0 Å². The molecule has 0 amide bonds. The summed E-state index contributed by atoms with van der Waals surface area (Å²) in [6, 6.07) is 0. The number of aryl methyl sites for hydroxylation is 1. The van der Waals surface area contributed by atoms with Gasteiger partial charge in [0.15, 0.2) is 5.75 Å².